The number of terminal acetylenes is 1. The van der Waals surface area contributed by atoms with Crippen molar-refractivity contribution in [2.24, 2.45) is 0 Å². The molecule has 11 nitrogen and oxygen atoms in total. The Labute approximate surface area is 615 Å². The van der Waals surface area contributed by atoms with Crippen LogP contribution in [0.2, 0.25) is 21.0 Å². The van der Waals surface area contributed by atoms with Gasteiger partial charge in [-0.2, -0.15) is 0 Å². The highest BCUT2D eigenvalue weighted by Crippen LogP contribution is 2.44. The number of furan rings is 1. The normalized spacial score (nSPS) is 14.7. The smallest absolute Gasteiger partial charge is 0.201 e. The summed E-state index contributed by atoms with van der Waals surface area (Å²) in [5.74, 6) is 8.66. The molecule has 0 amide bonds. The van der Waals surface area contributed by atoms with Crippen LogP contribution >= 0.6 is 34.3 Å². The largest absolute Gasteiger partial charge is 0.496 e. The standard InChI is InChI=1S/C20H32O2Si.C16H16O3.C16H14O.C12H15ClOS.C12H10O.C10H14N2OS/c1-14(2)23(15(3)4,16(5)6)22-13-20-17(7)19-11-9-8-10-18(19)12-21-20;1-12-15(19-10-14-7-8-18-16(12)14)11-17-9-13-5-3-2-4-6-13;1-12-15-10-6-5-9-14(15)11-17-16(12)13-7-3-2-4-8-13;1-3-4-5-10-8(2)12-9(7-14-10)6-11(13)15-12;1-3-10-4-5-11-8-13-7-9(2)12(11)6-10;1-7-9(4-12(2)3)13-5-8-10(7)14-6-11-8/h8-11,14-16H,12-13H2,1-7H3;2-8H,9-11H2,1H3;2-10H,11H2,1H3;6H,3-5,7H2,1-2H3;1,4-7H,8H2,2H3;6H,4-5H2,1-3H3. The van der Waals surface area contributed by atoms with Crippen molar-refractivity contribution in [2.75, 3.05) is 33.9 Å². The summed E-state index contributed by atoms with van der Waals surface area (Å²) < 4.78 is 53.0. The van der Waals surface area contributed by atoms with Crippen molar-refractivity contribution in [3.63, 3.8) is 0 Å². The molecule has 0 aliphatic carbocycles. The molecule has 8 aromatic rings. The van der Waals surface area contributed by atoms with Crippen LogP contribution < -0.4 is 0 Å². The van der Waals surface area contributed by atoms with Gasteiger partial charge in [-0.3, -0.25) is 0 Å². The Hall–Kier alpha value is -8.10. The number of fused-ring (bicyclic) bond motifs is 6. The lowest BCUT2D eigenvalue weighted by molar-refractivity contribution is 0.0816. The van der Waals surface area contributed by atoms with E-state index in [4.69, 9.17) is 60.0 Å². The number of likely N-dealkylation sites (N-methyl/N-ethyl adjacent to an activating group) is 1. The molecule has 6 aliphatic rings. The van der Waals surface area contributed by atoms with Crippen molar-refractivity contribution >= 4 is 81.8 Å². The van der Waals surface area contributed by atoms with E-state index in [1.54, 1.807) is 35.2 Å². The van der Waals surface area contributed by atoms with Gasteiger partial charge < -0.3 is 46.9 Å². The van der Waals surface area contributed by atoms with Gasteiger partial charge in [-0.1, -0.05) is 188 Å². The zero-order valence-electron chi connectivity index (χ0n) is 61.8. The fourth-order valence-corrected chi connectivity index (χ4v) is 21.0. The highest BCUT2D eigenvalue weighted by molar-refractivity contribution is 7.17. The van der Waals surface area contributed by atoms with Gasteiger partial charge in [0.1, 0.15) is 80.8 Å². The van der Waals surface area contributed by atoms with E-state index in [2.05, 4.69) is 153 Å². The molecule has 0 radical (unpaired) electrons. The van der Waals surface area contributed by atoms with Crippen molar-refractivity contribution in [1.82, 2.24) is 9.88 Å². The fourth-order valence-electron chi connectivity index (χ4n) is 13.5. The number of nitrogens with zero attached hydrogens (tertiary/aromatic N) is 2. The van der Waals surface area contributed by atoms with Gasteiger partial charge in [0.2, 0.25) is 8.32 Å². The van der Waals surface area contributed by atoms with E-state index in [0.29, 0.717) is 76.1 Å². The Bertz CT molecular complexity index is 4290. The van der Waals surface area contributed by atoms with Crippen LogP contribution in [0, 0.1) is 12.3 Å². The summed E-state index contributed by atoms with van der Waals surface area (Å²) in [6.45, 7) is 35.1. The van der Waals surface area contributed by atoms with Crippen molar-refractivity contribution < 1.29 is 42.0 Å². The molecule has 5 aromatic carbocycles. The second kappa shape index (κ2) is 37.2. The number of unbranched alkanes of at least 4 members (excludes halogenated alkanes) is 1. The third kappa shape index (κ3) is 19.8. The van der Waals surface area contributed by atoms with Crippen LogP contribution in [-0.2, 0) is 83.8 Å². The minimum atomic E-state index is -1.85. The van der Waals surface area contributed by atoms with E-state index >= 15 is 0 Å². The van der Waals surface area contributed by atoms with Gasteiger partial charge in [0, 0.05) is 50.3 Å². The van der Waals surface area contributed by atoms with Gasteiger partial charge >= 0.3 is 0 Å². The van der Waals surface area contributed by atoms with Crippen molar-refractivity contribution in [3.8, 4) is 12.3 Å². The lowest BCUT2D eigenvalue weighted by atomic mass is 9.96. The number of hydrogen-bond acceptors (Lipinski definition) is 13. The molecule has 3 aromatic heterocycles. The summed E-state index contributed by atoms with van der Waals surface area (Å²) in [7, 11) is 2.25. The number of aromatic nitrogens is 1. The van der Waals surface area contributed by atoms with Crippen LogP contribution in [0.15, 0.2) is 185 Å². The molecular formula is C86H101ClN2O9S2Si. The van der Waals surface area contributed by atoms with Gasteiger partial charge in [0.25, 0.3) is 0 Å². The first-order valence-corrected chi connectivity index (χ1v) is 39.4. The third-order valence-corrected chi connectivity index (χ3v) is 27.4. The van der Waals surface area contributed by atoms with Crippen molar-refractivity contribution in [1.29, 1.82) is 0 Å². The summed E-state index contributed by atoms with van der Waals surface area (Å²) in [5, 5.41) is 0. The van der Waals surface area contributed by atoms with Crippen LogP contribution in [0.5, 0.6) is 0 Å². The Balaban J connectivity index is 0.000000143. The lowest BCUT2D eigenvalue weighted by Gasteiger charge is -2.42. The number of benzene rings is 5. The minimum absolute atomic E-state index is 0.473. The first-order valence-electron chi connectivity index (χ1n) is 35.1. The van der Waals surface area contributed by atoms with Crippen LogP contribution in [0.4, 0.5) is 0 Å². The predicted octanol–water partition coefficient (Wildman–Crippen LogP) is 23.4. The second-order valence-corrected chi connectivity index (χ2v) is 35.1. The van der Waals surface area contributed by atoms with Gasteiger partial charge in [-0.05, 0) is 159 Å². The Morgan fingerprint density at radius 2 is 1.16 bits per heavy atom. The molecule has 101 heavy (non-hydrogen) atoms. The van der Waals surface area contributed by atoms with E-state index in [1.807, 2.05) is 112 Å². The topological polar surface area (TPSA) is 103 Å². The molecule has 0 unspecified atom stereocenters. The van der Waals surface area contributed by atoms with Crippen LogP contribution in [0.3, 0.4) is 0 Å². The highest BCUT2D eigenvalue weighted by atomic mass is 35.5. The van der Waals surface area contributed by atoms with Gasteiger partial charge in [0.05, 0.1) is 52.7 Å². The number of halogens is 1. The molecule has 0 saturated heterocycles. The van der Waals surface area contributed by atoms with Gasteiger partial charge in [-0.15, -0.1) is 29.1 Å². The van der Waals surface area contributed by atoms with Gasteiger partial charge in [-0.25, -0.2) is 4.98 Å². The van der Waals surface area contributed by atoms with E-state index in [-0.39, 0.29) is 0 Å². The summed E-state index contributed by atoms with van der Waals surface area (Å²) >= 11 is 9.37. The molecule has 14 rings (SSSR count). The molecule has 0 saturated carbocycles. The average Bonchev–Trinajstić information content (AvgIpc) is 1.74. The molecule has 0 N–H and O–H groups in total. The maximum Gasteiger partial charge on any atom is 0.201 e. The summed E-state index contributed by atoms with van der Waals surface area (Å²) in [6.07, 6.45) is 12.3. The molecule has 532 valence electrons. The first-order chi connectivity index (χ1) is 48.7. The molecule has 9 heterocycles. The molecule has 6 aliphatic heterocycles. The number of rotatable bonds is 16. The number of thiophene rings is 1. The van der Waals surface area contributed by atoms with E-state index < -0.39 is 8.32 Å². The zero-order chi connectivity index (χ0) is 72.2. The number of ether oxygens (including phenoxy) is 7. The molecule has 0 atom stereocenters. The highest BCUT2D eigenvalue weighted by Gasteiger charge is 2.45. The summed E-state index contributed by atoms with van der Waals surface area (Å²) in [5.41, 5.74) is 25.0. The third-order valence-electron chi connectivity index (χ3n) is 19.0. The van der Waals surface area contributed by atoms with E-state index in [0.717, 1.165) is 91.0 Å². The summed E-state index contributed by atoms with van der Waals surface area (Å²) in [4.78, 5) is 8.98. The van der Waals surface area contributed by atoms with E-state index in [1.165, 1.54) is 83.8 Å². The molecule has 0 spiro atoms. The molecule has 0 bridgehead atoms. The van der Waals surface area contributed by atoms with Crippen molar-refractivity contribution in [3.05, 3.63) is 267 Å². The molecule has 0 fully saturated rings. The van der Waals surface area contributed by atoms with Crippen LogP contribution in [0.25, 0.3) is 39.2 Å². The predicted molar refractivity (Wildman–Crippen MR) is 420 cm³/mol. The second-order valence-electron chi connectivity index (χ2n) is 27.1. The Morgan fingerprint density at radius 1 is 0.574 bits per heavy atom. The van der Waals surface area contributed by atoms with E-state index in [9.17, 15) is 0 Å². The lowest BCUT2D eigenvalue weighted by Crippen LogP contribution is -2.48. The number of hydrogen-bond donors (Lipinski definition) is 0. The zero-order valence-corrected chi connectivity index (χ0v) is 65.2. The van der Waals surface area contributed by atoms with Crippen molar-refractivity contribution in [2.45, 2.75) is 172 Å². The van der Waals surface area contributed by atoms with Crippen LogP contribution in [0.1, 0.15) is 192 Å². The SMILES string of the molecule is C#Cc1ccc2c(c1)C(C)=COC2.CC1=C(CN(C)C)OCc2ncsc21.CC1=C(COCc2ccccc2)OCc2ccoc21.CC1=C(CO[Si](C(C)C)(C(C)C)C(C)C)OCc2ccccc21.CC1=C(c2ccccc2)OCc2ccccc21.CCCCC1=C(C)c2sc(Cl)cc2CO1. The summed E-state index contributed by atoms with van der Waals surface area (Å²) in [6, 6.07) is 47.3. The van der Waals surface area contributed by atoms with Crippen LogP contribution in [-0.4, -0.2) is 52.1 Å². The number of thiazole rings is 1. The maximum atomic E-state index is 6.69. The minimum Gasteiger partial charge on any atom is -0.496 e. The Morgan fingerprint density at radius 3 is 1.82 bits per heavy atom. The molecular weight excluding hydrogens is 1330 g/mol. The molecule has 15 heteroatoms. The van der Waals surface area contributed by atoms with Gasteiger partial charge in [0.15, 0.2) is 0 Å². The fraction of sp³-hybridized carbons (Fsp3) is 0.360. The quantitative estimate of drug-likeness (QED) is 0.0682. The maximum absolute atomic E-state index is 6.69. The monoisotopic (exact) mass is 1430 g/mol. The number of allylic oxidation sites excluding steroid dienone is 7. The average molecular weight is 1430 g/mol. The first kappa shape index (κ1) is 77.1. The Kier molecular flexibility index (Phi) is 28.4.